The van der Waals surface area contributed by atoms with Crippen LogP contribution in [0.25, 0.3) is 10.9 Å². The summed E-state index contributed by atoms with van der Waals surface area (Å²) >= 11 is 0. The molecule has 0 radical (unpaired) electrons. The van der Waals surface area contributed by atoms with Crippen molar-refractivity contribution in [3.05, 3.63) is 68.8 Å². The number of nitrogens with one attached hydrogen (secondary N) is 3. The van der Waals surface area contributed by atoms with Crippen LogP contribution < -0.4 is 16.2 Å². The van der Waals surface area contributed by atoms with Crippen molar-refractivity contribution >= 4 is 16.8 Å². The maximum Gasteiger partial charge on any atom is 0.265 e. The highest BCUT2D eigenvalue weighted by atomic mass is 19.3. The Bertz CT molecular complexity index is 1300. The average Bonchev–Trinajstić information content (AvgIpc) is 3.53. The normalized spacial score (nSPS) is 14.9. The second kappa shape index (κ2) is 9.57. The monoisotopic (exact) mass is 484 g/mol. The molecule has 2 heterocycles. The van der Waals surface area contributed by atoms with E-state index in [4.69, 9.17) is 0 Å². The van der Waals surface area contributed by atoms with Gasteiger partial charge in [-0.15, -0.1) is 0 Å². The number of fused-ring (bicyclic) bond motifs is 1. The van der Waals surface area contributed by atoms with E-state index in [2.05, 4.69) is 20.2 Å². The number of H-pyrrole nitrogens is 1. The zero-order valence-electron chi connectivity index (χ0n) is 20.9. The standard InChI is InChI=1S/C27H34F2N4O2/c1-17-14-18(2)32-24(34)21(17)15-31-25(35)23-19(3)33(22-9-6-5-8-20(22)23)13-7-10-26(11-12-26)27(28,29)16-30-4/h5-6,8-9,14,30H,7,10-13,15-16H2,1-4H3,(H,31,35)(H,32,34). The van der Waals surface area contributed by atoms with Crippen molar-refractivity contribution in [3.63, 3.8) is 0 Å². The summed E-state index contributed by atoms with van der Waals surface area (Å²) in [6.07, 6.45) is 2.17. The molecule has 1 aromatic carbocycles. The molecule has 4 rings (SSSR count). The first-order chi connectivity index (χ1) is 16.6. The number of para-hydroxylation sites is 1. The van der Waals surface area contributed by atoms with Gasteiger partial charge in [-0.25, -0.2) is 8.78 Å². The number of carbonyl (C=O) groups excluding carboxylic acids is 1. The van der Waals surface area contributed by atoms with Crippen LogP contribution in [0.1, 0.15) is 58.6 Å². The predicted molar refractivity (Wildman–Crippen MR) is 134 cm³/mol. The lowest BCUT2D eigenvalue weighted by atomic mass is 9.92. The Balaban J connectivity index is 1.53. The molecule has 0 unspecified atom stereocenters. The topological polar surface area (TPSA) is 78.9 Å². The molecule has 0 aliphatic heterocycles. The molecule has 2 aromatic heterocycles. The van der Waals surface area contributed by atoms with E-state index in [9.17, 15) is 18.4 Å². The molecule has 0 bridgehead atoms. The fraction of sp³-hybridized carbons (Fsp3) is 0.481. The third kappa shape index (κ3) is 4.76. The molecule has 188 valence electrons. The molecule has 8 heteroatoms. The van der Waals surface area contributed by atoms with Crippen molar-refractivity contribution in [2.45, 2.75) is 65.5 Å². The van der Waals surface area contributed by atoms with Crippen molar-refractivity contribution in [3.8, 4) is 0 Å². The number of amides is 1. The minimum atomic E-state index is -2.72. The summed E-state index contributed by atoms with van der Waals surface area (Å²) in [5.41, 5.74) is 3.29. The number of aromatic amines is 1. The Morgan fingerprint density at radius 2 is 1.91 bits per heavy atom. The summed E-state index contributed by atoms with van der Waals surface area (Å²) in [6.45, 7) is 5.96. The molecule has 1 aliphatic rings. The lowest BCUT2D eigenvalue weighted by Gasteiger charge is -2.26. The van der Waals surface area contributed by atoms with E-state index >= 15 is 0 Å². The molecule has 0 atom stereocenters. The molecule has 1 saturated carbocycles. The van der Waals surface area contributed by atoms with E-state index in [1.165, 1.54) is 0 Å². The Morgan fingerprint density at radius 1 is 1.20 bits per heavy atom. The van der Waals surface area contributed by atoms with Crippen molar-refractivity contribution in [2.24, 2.45) is 5.41 Å². The number of nitrogens with zero attached hydrogens (tertiary/aromatic N) is 1. The van der Waals surface area contributed by atoms with Gasteiger partial charge in [-0.3, -0.25) is 9.59 Å². The summed E-state index contributed by atoms with van der Waals surface area (Å²) in [6, 6.07) is 9.54. The Labute approximate surface area is 204 Å². The smallest absolute Gasteiger partial charge is 0.265 e. The van der Waals surface area contributed by atoms with Gasteiger partial charge >= 0.3 is 0 Å². The van der Waals surface area contributed by atoms with Crippen LogP contribution in [-0.2, 0) is 13.1 Å². The quantitative estimate of drug-likeness (QED) is 0.394. The van der Waals surface area contributed by atoms with Gasteiger partial charge in [-0.1, -0.05) is 18.2 Å². The first kappa shape index (κ1) is 25.1. The number of halogens is 2. The molecular formula is C27H34F2N4O2. The van der Waals surface area contributed by atoms with Crippen LogP contribution >= 0.6 is 0 Å². The Hall–Kier alpha value is -3.00. The molecule has 35 heavy (non-hydrogen) atoms. The van der Waals surface area contributed by atoms with Gasteiger partial charge in [0.2, 0.25) is 0 Å². The second-order valence-corrected chi connectivity index (χ2v) is 9.87. The van der Waals surface area contributed by atoms with Gasteiger partial charge in [-0.2, -0.15) is 0 Å². The summed E-state index contributed by atoms with van der Waals surface area (Å²) in [5.74, 6) is -2.97. The van der Waals surface area contributed by atoms with Crippen molar-refractivity contribution in [1.29, 1.82) is 0 Å². The van der Waals surface area contributed by atoms with E-state index in [0.29, 0.717) is 43.4 Å². The van der Waals surface area contributed by atoms with Crippen LogP contribution in [0.15, 0.2) is 35.1 Å². The second-order valence-electron chi connectivity index (χ2n) is 9.87. The Morgan fingerprint density at radius 3 is 2.57 bits per heavy atom. The number of pyridine rings is 1. The zero-order chi connectivity index (χ0) is 25.4. The average molecular weight is 485 g/mol. The van der Waals surface area contributed by atoms with Gasteiger partial charge < -0.3 is 20.2 Å². The summed E-state index contributed by atoms with van der Waals surface area (Å²) < 4.78 is 31.2. The van der Waals surface area contributed by atoms with Crippen LogP contribution in [0.4, 0.5) is 8.78 Å². The zero-order valence-corrected chi connectivity index (χ0v) is 20.9. The summed E-state index contributed by atoms with van der Waals surface area (Å²) in [4.78, 5) is 28.4. The number of alkyl halides is 2. The van der Waals surface area contributed by atoms with E-state index < -0.39 is 11.3 Å². The van der Waals surface area contributed by atoms with Gasteiger partial charge in [0.05, 0.1) is 12.1 Å². The van der Waals surface area contributed by atoms with Crippen LogP contribution in [-0.4, -0.2) is 35.0 Å². The van der Waals surface area contributed by atoms with Crippen LogP contribution in [0.3, 0.4) is 0 Å². The first-order valence-corrected chi connectivity index (χ1v) is 12.2. The van der Waals surface area contributed by atoms with Gasteiger partial charge in [0.25, 0.3) is 17.4 Å². The van der Waals surface area contributed by atoms with Crippen molar-refractivity contribution in [2.75, 3.05) is 13.6 Å². The lowest BCUT2D eigenvalue weighted by Crippen LogP contribution is -2.39. The van der Waals surface area contributed by atoms with Crippen molar-refractivity contribution < 1.29 is 13.6 Å². The largest absolute Gasteiger partial charge is 0.348 e. The molecule has 1 aliphatic carbocycles. The van der Waals surface area contributed by atoms with E-state index in [0.717, 1.165) is 27.9 Å². The fourth-order valence-electron chi connectivity index (χ4n) is 5.30. The molecule has 1 amide bonds. The first-order valence-electron chi connectivity index (χ1n) is 12.2. The summed E-state index contributed by atoms with van der Waals surface area (Å²) in [7, 11) is 1.56. The highest BCUT2D eigenvalue weighted by Gasteiger charge is 2.60. The molecule has 0 saturated heterocycles. The minimum absolute atomic E-state index is 0.127. The number of hydrogen-bond acceptors (Lipinski definition) is 3. The summed E-state index contributed by atoms with van der Waals surface area (Å²) in [5, 5.41) is 6.35. The Kier molecular flexibility index (Phi) is 6.86. The number of benzene rings is 1. The third-order valence-electron chi connectivity index (χ3n) is 7.44. The third-order valence-corrected chi connectivity index (χ3v) is 7.44. The molecule has 1 fully saturated rings. The fourth-order valence-corrected chi connectivity index (χ4v) is 5.30. The van der Waals surface area contributed by atoms with Crippen LogP contribution in [0, 0.1) is 26.2 Å². The van der Waals surface area contributed by atoms with Gasteiger partial charge in [0.1, 0.15) is 0 Å². The predicted octanol–water partition coefficient (Wildman–Crippen LogP) is 4.60. The van der Waals surface area contributed by atoms with Gasteiger partial charge in [0, 0.05) is 46.4 Å². The number of carbonyl (C=O) groups is 1. The lowest BCUT2D eigenvalue weighted by molar-refractivity contribution is -0.0732. The van der Waals surface area contributed by atoms with Gasteiger partial charge in [0.15, 0.2) is 0 Å². The van der Waals surface area contributed by atoms with Gasteiger partial charge in [-0.05, 0) is 71.2 Å². The highest BCUT2D eigenvalue weighted by Crippen LogP contribution is 2.59. The maximum atomic E-state index is 14.6. The van der Waals surface area contributed by atoms with Crippen molar-refractivity contribution in [1.82, 2.24) is 20.2 Å². The van der Waals surface area contributed by atoms with Crippen LogP contribution in [0.5, 0.6) is 0 Å². The maximum absolute atomic E-state index is 14.6. The molecular weight excluding hydrogens is 450 g/mol. The number of hydrogen-bond donors (Lipinski definition) is 3. The SMILES string of the molecule is CNCC(F)(F)C1(CCCn2c(C)c(C(=O)NCc3c(C)cc(C)[nH]c3=O)c3ccccc32)CC1. The highest BCUT2D eigenvalue weighted by molar-refractivity contribution is 6.08. The molecule has 6 nitrogen and oxygen atoms in total. The molecule has 3 N–H and O–H groups in total. The van der Waals surface area contributed by atoms with E-state index in [-0.39, 0.29) is 24.6 Å². The molecule has 0 spiro atoms. The van der Waals surface area contributed by atoms with E-state index in [1.807, 2.05) is 51.1 Å². The van der Waals surface area contributed by atoms with Crippen LogP contribution in [0.2, 0.25) is 0 Å². The minimum Gasteiger partial charge on any atom is -0.348 e. The van der Waals surface area contributed by atoms with E-state index in [1.54, 1.807) is 7.05 Å². The number of rotatable bonds is 10. The number of aromatic nitrogens is 2. The molecule has 3 aromatic rings. The number of aryl methyl sites for hydroxylation is 3.